The van der Waals surface area contributed by atoms with E-state index in [-0.39, 0.29) is 0 Å². The SMILES string of the molecule is CC(C)c1nnc2c(N3CCC(COC4CCNC4)CC3)nccn12. The van der Waals surface area contributed by atoms with Crippen molar-refractivity contribution in [2.24, 2.45) is 5.92 Å². The van der Waals surface area contributed by atoms with Crippen LogP contribution in [0.5, 0.6) is 0 Å². The molecule has 2 aromatic rings. The molecule has 0 aliphatic carbocycles. The van der Waals surface area contributed by atoms with Gasteiger partial charge < -0.3 is 15.0 Å². The molecule has 2 aliphatic heterocycles. The lowest BCUT2D eigenvalue weighted by Crippen LogP contribution is -2.36. The first-order valence-corrected chi connectivity index (χ1v) is 9.49. The van der Waals surface area contributed by atoms with Crippen molar-refractivity contribution in [3.8, 4) is 0 Å². The molecule has 2 aliphatic rings. The molecule has 7 heteroatoms. The monoisotopic (exact) mass is 344 g/mol. The fourth-order valence-electron chi connectivity index (χ4n) is 3.80. The highest BCUT2D eigenvalue weighted by Crippen LogP contribution is 2.26. The number of anilines is 1. The summed E-state index contributed by atoms with van der Waals surface area (Å²) in [6, 6.07) is 0. The molecule has 1 unspecified atom stereocenters. The largest absolute Gasteiger partial charge is 0.377 e. The Hall–Kier alpha value is -1.73. The van der Waals surface area contributed by atoms with Gasteiger partial charge in [-0.1, -0.05) is 13.8 Å². The first-order valence-electron chi connectivity index (χ1n) is 9.49. The second-order valence-electron chi connectivity index (χ2n) is 7.54. The number of ether oxygens (including phenoxy) is 1. The molecule has 0 radical (unpaired) electrons. The number of fused-ring (bicyclic) bond motifs is 1. The van der Waals surface area contributed by atoms with E-state index in [1.165, 1.54) is 0 Å². The summed E-state index contributed by atoms with van der Waals surface area (Å²) >= 11 is 0. The van der Waals surface area contributed by atoms with E-state index in [0.717, 1.165) is 69.3 Å². The van der Waals surface area contributed by atoms with Crippen molar-refractivity contribution < 1.29 is 4.74 Å². The predicted octanol–water partition coefficient (Wildman–Crippen LogP) is 1.84. The average molecular weight is 344 g/mol. The summed E-state index contributed by atoms with van der Waals surface area (Å²) in [6.45, 7) is 9.29. The second kappa shape index (κ2) is 7.25. The first-order chi connectivity index (χ1) is 12.2. The molecule has 0 spiro atoms. The zero-order chi connectivity index (χ0) is 17.2. The van der Waals surface area contributed by atoms with Crippen LogP contribution in [0.4, 0.5) is 5.82 Å². The van der Waals surface area contributed by atoms with Gasteiger partial charge in [0.05, 0.1) is 6.10 Å². The molecule has 2 saturated heterocycles. The lowest BCUT2D eigenvalue weighted by Gasteiger charge is -2.33. The van der Waals surface area contributed by atoms with E-state index in [9.17, 15) is 0 Å². The molecule has 4 heterocycles. The highest BCUT2D eigenvalue weighted by Gasteiger charge is 2.25. The highest BCUT2D eigenvalue weighted by molar-refractivity contribution is 5.64. The molecule has 0 amide bonds. The van der Waals surface area contributed by atoms with E-state index in [2.05, 4.69) is 43.6 Å². The number of rotatable bonds is 5. The fraction of sp³-hybridized carbons (Fsp3) is 0.722. The van der Waals surface area contributed by atoms with Crippen molar-refractivity contribution in [2.75, 3.05) is 37.7 Å². The third kappa shape index (κ3) is 3.48. The van der Waals surface area contributed by atoms with Crippen LogP contribution in [-0.4, -0.2) is 58.5 Å². The second-order valence-corrected chi connectivity index (χ2v) is 7.54. The Kier molecular flexibility index (Phi) is 4.85. The maximum atomic E-state index is 6.06. The van der Waals surface area contributed by atoms with Crippen molar-refractivity contribution in [2.45, 2.75) is 45.1 Å². The Morgan fingerprint density at radius 2 is 2.08 bits per heavy atom. The third-order valence-electron chi connectivity index (χ3n) is 5.35. The summed E-state index contributed by atoms with van der Waals surface area (Å²) in [5.41, 5.74) is 0.873. The molecule has 136 valence electrons. The van der Waals surface area contributed by atoms with Gasteiger partial charge in [-0.2, -0.15) is 0 Å². The zero-order valence-electron chi connectivity index (χ0n) is 15.2. The van der Waals surface area contributed by atoms with E-state index in [1.54, 1.807) is 0 Å². The molecule has 4 rings (SSSR count). The minimum Gasteiger partial charge on any atom is -0.377 e. The first kappa shape index (κ1) is 16.7. The van der Waals surface area contributed by atoms with Crippen LogP contribution in [0.3, 0.4) is 0 Å². The molecule has 2 aromatic heterocycles. The number of hydrogen-bond donors (Lipinski definition) is 1. The van der Waals surface area contributed by atoms with Crippen molar-refractivity contribution in [3.05, 3.63) is 18.2 Å². The van der Waals surface area contributed by atoms with Crippen LogP contribution in [0.15, 0.2) is 12.4 Å². The van der Waals surface area contributed by atoms with Gasteiger partial charge in [0.2, 0.25) is 5.65 Å². The quantitative estimate of drug-likeness (QED) is 0.893. The number of nitrogens with one attached hydrogen (secondary N) is 1. The molecule has 2 fully saturated rings. The molecular weight excluding hydrogens is 316 g/mol. The maximum absolute atomic E-state index is 6.06. The molecule has 0 aromatic carbocycles. The van der Waals surface area contributed by atoms with Gasteiger partial charge in [0, 0.05) is 44.6 Å². The molecule has 0 bridgehead atoms. The fourth-order valence-corrected chi connectivity index (χ4v) is 3.80. The van der Waals surface area contributed by atoms with E-state index in [4.69, 9.17) is 4.74 Å². The molecular formula is C18H28N6O. The number of hydrogen-bond acceptors (Lipinski definition) is 6. The normalized spacial score (nSPS) is 22.4. The number of nitrogens with zero attached hydrogens (tertiary/aromatic N) is 5. The van der Waals surface area contributed by atoms with Crippen LogP contribution >= 0.6 is 0 Å². The van der Waals surface area contributed by atoms with Crippen LogP contribution in [0.25, 0.3) is 5.65 Å². The Morgan fingerprint density at radius 3 is 2.80 bits per heavy atom. The van der Waals surface area contributed by atoms with Gasteiger partial charge >= 0.3 is 0 Å². The lowest BCUT2D eigenvalue weighted by atomic mass is 9.98. The molecule has 0 saturated carbocycles. The minimum absolute atomic E-state index is 0.346. The summed E-state index contributed by atoms with van der Waals surface area (Å²) in [5.74, 6) is 2.95. The van der Waals surface area contributed by atoms with E-state index in [0.29, 0.717) is 17.9 Å². The number of piperidine rings is 1. The summed E-state index contributed by atoms with van der Waals surface area (Å²) in [4.78, 5) is 6.95. The molecule has 1 N–H and O–H groups in total. The van der Waals surface area contributed by atoms with Crippen LogP contribution in [0.1, 0.15) is 44.9 Å². The Morgan fingerprint density at radius 1 is 1.24 bits per heavy atom. The van der Waals surface area contributed by atoms with Crippen molar-refractivity contribution in [1.82, 2.24) is 24.9 Å². The summed E-state index contributed by atoms with van der Waals surface area (Å²) in [6.07, 6.45) is 7.68. The van der Waals surface area contributed by atoms with Crippen LogP contribution in [-0.2, 0) is 4.74 Å². The van der Waals surface area contributed by atoms with Crippen molar-refractivity contribution in [1.29, 1.82) is 0 Å². The number of aromatic nitrogens is 4. The van der Waals surface area contributed by atoms with Gasteiger partial charge in [0.25, 0.3) is 0 Å². The average Bonchev–Trinajstić information content (AvgIpc) is 3.29. The van der Waals surface area contributed by atoms with Crippen LogP contribution < -0.4 is 10.2 Å². The molecule has 7 nitrogen and oxygen atoms in total. The smallest absolute Gasteiger partial charge is 0.203 e. The van der Waals surface area contributed by atoms with Gasteiger partial charge in [-0.25, -0.2) is 4.98 Å². The van der Waals surface area contributed by atoms with Crippen LogP contribution in [0.2, 0.25) is 0 Å². The van der Waals surface area contributed by atoms with Crippen molar-refractivity contribution >= 4 is 11.5 Å². The Balaban J connectivity index is 1.39. The summed E-state index contributed by atoms with van der Waals surface area (Å²) < 4.78 is 8.14. The van der Waals surface area contributed by atoms with E-state index in [1.807, 2.05) is 12.4 Å². The third-order valence-corrected chi connectivity index (χ3v) is 5.35. The summed E-state index contributed by atoms with van der Waals surface area (Å²) in [7, 11) is 0. The predicted molar refractivity (Wildman–Crippen MR) is 97.0 cm³/mol. The highest BCUT2D eigenvalue weighted by atomic mass is 16.5. The molecule has 25 heavy (non-hydrogen) atoms. The van der Waals surface area contributed by atoms with E-state index >= 15 is 0 Å². The lowest BCUT2D eigenvalue weighted by molar-refractivity contribution is 0.0353. The van der Waals surface area contributed by atoms with Gasteiger partial charge in [0.15, 0.2) is 5.82 Å². The van der Waals surface area contributed by atoms with Gasteiger partial charge in [-0.3, -0.25) is 4.40 Å². The Labute approximate surface area is 148 Å². The zero-order valence-corrected chi connectivity index (χ0v) is 15.2. The maximum Gasteiger partial charge on any atom is 0.203 e. The van der Waals surface area contributed by atoms with Gasteiger partial charge in [-0.05, 0) is 31.7 Å². The van der Waals surface area contributed by atoms with Gasteiger partial charge in [-0.15, -0.1) is 10.2 Å². The minimum atomic E-state index is 0.346. The standard InChI is InChI=1S/C18H28N6O/c1-13(2)16-21-22-18-17(20-7-10-24(16)18)23-8-4-14(5-9-23)12-25-15-3-6-19-11-15/h7,10,13-15,19H,3-6,8-9,11-12H2,1-2H3. The van der Waals surface area contributed by atoms with Crippen LogP contribution in [0, 0.1) is 5.92 Å². The topological polar surface area (TPSA) is 67.6 Å². The molecule has 1 atom stereocenters. The van der Waals surface area contributed by atoms with Crippen molar-refractivity contribution in [3.63, 3.8) is 0 Å². The summed E-state index contributed by atoms with van der Waals surface area (Å²) in [5, 5.41) is 12.1. The van der Waals surface area contributed by atoms with E-state index < -0.39 is 0 Å². The van der Waals surface area contributed by atoms with Gasteiger partial charge in [0.1, 0.15) is 5.82 Å². The Bertz CT molecular complexity index is 701.